The summed E-state index contributed by atoms with van der Waals surface area (Å²) in [5.74, 6) is 0.702. The van der Waals surface area contributed by atoms with Gasteiger partial charge in [0.05, 0.1) is 15.8 Å². The molecule has 3 heterocycles. The summed E-state index contributed by atoms with van der Waals surface area (Å²) in [4.78, 5) is 29.0. The molecule has 3 N–H and O–H groups in total. The van der Waals surface area contributed by atoms with Crippen molar-refractivity contribution >= 4 is 32.8 Å². The molecule has 2 aromatic heterocycles. The van der Waals surface area contributed by atoms with Gasteiger partial charge in [-0.15, -0.1) is 0 Å². The Balaban J connectivity index is 1.42. The van der Waals surface area contributed by atoms with Gasteiger partial charge in [0.25, 0.3) is 5.91 Å². The van der Waals surface area contributed by atoms with Gasteiger partial charge < -0.3 is 14.8 Å². The van der Waals surface area contributed by atoms with Crippen molar-refractivity contribution in [1.82, 2.24) is 19.9 Å². The monoisotopic (exact) mass is 412 g/mol. The molecule has 1 aliphatic heterocycles. The van der Waals surface area contributed by atoms with E-state index in [2.05, 4.69) is 19.9 Å². The Kier molecular flexibility index (Phi) is 3.90. The number of hydrogen-bond acceptors (Lipinski definition) is 6. The molecule has 1 saturated heterocycles. The Hall–Kier alpha value is -2.98. The lowest BCUT2D eigenvalue weighted by atomic mass is 10.1. The fraction of sp³-hybridized carbons (Fsp3) is 0.316. The third kappa shape index (κ3) is 3.04. The van der Waals surface area contributed by atoms with Gasteiger partial charge in [-0.25, -0.2) is 23.5 Å². The highest BCUT2D eigenvalue weighted by molar-refractivity contribution is 7.89. The number of fused-ring (bicyclic) bond motifs is 1. The van der Waals surface area contributed by atoms with Crippen LogP contribution in [0, 0.1) is 0 Å². The average molecular weight is 412 g/mol. The summed E-state index contributed by atoms with van der Waals surface area (Å²) in [5.41, 5.74) is 0.880. The number of aromatic nitrogens is 3. The molecule has 9 nitrogen and oxygen atoms in total. The van der Waals surface area contributed by atoms with Crippen LogP contribution in [0.25, 0.3) is 11.0 Å². The maximum atomic E-state index is 13.2. The quantitative estimate of drug-likeness (QED) is 0.664. The number of anilines is 1. The summed E-state index contributed by atoms with van der Waals surface area (Å²) in [6.07, 6.45) is 5.20. The Morgan fingerprint density at radius 1 is 1.17 bits per heavy atom. The molecule has 0 unspecified atom stereocenters. The highest BCUT2D eigenvalue weighted by atomic mass is 32.2. The van der Waals surface area contributed by atoms with Crippen LogP contribution < -0.4 is 10.0 Å². The number of carbonyl (C=O) groups is 1. The van der Waals surface area contributed by atoms with Gasteiger partial charge in [-0.3, -0.25) is 4.79 Å². The van der Waals surface area contributed by atoms with Gasteiger partial charge in [-0.1, -0.05) is 6.07 Å². The predicted octanol–water partition coefficient (Wildman–Crippen LogP) is 1.10. The van der Waals surface area contributed by atoms with Crippen LogP contribution in [0.3, 0.4) is 0 Å². The highest BCUT2D eigenvalue weighted by Gasteiger charge is 2.53. The summed E-state index contributed by atoms with van der Waals surface area (Å²) in [5, 5.41) is 6.18. The fourth-order valence-electron chi connectivity index (χ4n) is 4.12. The zero-order valence-electron chi connectivity index (χ0n) is 15.6. The molecule has 150 valence electrons. The molecule has 0 radical (unpaired) electrons. The normalized spacial score (nSPS) is 18.4. The number of piperazine rings is 1. The largest absolute Gasteiger partial charge is 0.352 e. The number of nitrogens with zero attached hydrogens (tertiary/aromatic N) is 4. The molecule has 3 aromatic rings. The molecule has 5 rings (SSSR count). The maximum Gasteiger partial charge on any atom is 0.254 e. The molecule has 1 saturated carbocycles. The number of amides is 1. The number of nitrogens with one attached hydrogen (secondary N) is 1. The first-order valence-corrected chi connectivity index (χ1v) is 10.9. The van der Waals surface area contributed by atoms with Crippen molar-refractivity contribution in [3.63, 3.8) is 0 Å². The number of benzene rings is 1. The molecule has 2 aliphatic rings. The van der Waals surface area contributed by atoms with E-state index in [4.69, 9.17) is 5.14 Å². The van der Waals surface area contributed by atoms with Crippen LogP contribution in [0.2, 0.25) is 0 Å². The molecule has 1 spiro atoms. The third-order valence-electron chi connectivity index (χ3n) is 5.77. The first-order valence-electron chi connectivity index (χ1n) is 9.35. The Morgan fingerprint density at radius 3 is 2.76 bits per heavy atom. The van der Waals surface area contributed by atoms with Gasteiger partial charge in [0.2, 0.25) is 10.0 Å². The van der Waals surface area contributed by atoms with Gasteiger partial charge in [-0.05, 0) is 37.1 Å². The summed E-state index contributed by atoms with van der Waals surface area (Å²) in [7, 11) is -3.86. The fourth-order valence-corrected chi connectivity index (χ4v) is 4.68. The van der Waals surface area contributed by atoms with E-state index in [1.54, 1.807) is 18.5 Å². The van der Waals surface area contributed by atoms with Crippen molar-refractivity contribution < 1.29 is 13.2 Å². The van der Waals surface area contributed by atoms with E-state index in [-0.39, 0.29) is 16.3 Å². The number of carbonyl (C=O) groups excluding carboxylic acids is 1. The van der Waals surface area contributed by atoms with Crippen molar-refractivity contribution in [3.05, 3.63) is 48.4 Å². The van der Waals surface area contributed by atoms with Crippen LogP contribution in [-0.4, -0.2) is 59.4 Å². The van der Waals surface area contributed by atoms with E-state index in [0.29, 0.717) is 25.2 Å². The zero-order valence-corrected chi connectivity index (χ0v) is 16.4. The standard InChI is InChI=1S/C19H20N6O3S/c20-29(27,28)14-3-1-2-13(10-14)18(26)25-9-8-24(11-19(25)5-6-19)17-15-4-7-21-16(15)22-12-23-17/h1-4,7,10,12H,5-6,8-9,11H2,(H2,20,27,28)(H,21,22,23). The van der Waals surface area contributed by atoms with Crippen LogP contribution >= 0.6 is 0 Å². The molecular weight excluding hydrogens is 392 g/mol. The zero-order chi connectivity index (χ0) is 20.2. The lowest BCUT2D eigenvalue weighted by molar-refractivity contribution is 0.0624. The van der Waals surface area contributed by atoms with Crippen LogP contribution in [-0.2, 0) is 10.0 Å². The highest BCUT2D eigenvalue weighted by Crippen LogP contribution is 2.46. The summed E-state index contributed by atoms with van der Waals surface area (Å²) in [6.45, 7) is 1.86. The minimum atomic E-state index is -3.86. The van der Waals surface area contributed by atoms with Gasteiger partial charge in [0.1, 0.15) is 17.8 Å². The number of nitrogens with two attached hydrogens (primary N) is 1. The number of H-pyrrole nitrogens is 1. The lowest BCUT2D eigenvalue weighted by Crippen LogP contribution is -2.57. The van der Waals surface area contributed by atoms with Crippen molar-refractivity contribution in [2.24, 2.45) is 5.14 Å². The SMILES string of the molecule is NS(=O)(=O)c1cccc(C(=O)N2CCN(c3ncnc4[nH]ccc34)CC23CC3)c1. The minimum absolute atomic E-state index is 0.0531. The molecule has 2 fully saturated rings. The van der Waals surface area contributed by atoms with Crippen LogP contribution in [0.15, 0.2) is 47.8 Å². The molecular formula is C19H20N6O3S. The number of aromatic amines is 1. The number of sulfonamides is 1. The molecule has 1 aromatic carbocycles. The van der Waals surface area contributed by atoms with Crippen molar-refractivity contribution in [2.45, 2.75) is 23.3 Å². The number of rotatable bonds is 3. The summed E-state index contributed by atoms with van der Waals surface area (Å²) >= 11 is 0. The van der Waals surface area contributed by atoms with Crippen LogP contribution in [0.1, 0.15) is 23.2 Å². The Bertz CT molecular complexity index is 1220. The van der Waals surface area contributed by atoms with Gasteiger partial charge in [0.15, 0.2) is 0 Å². The molecule has 10 heteroatoms. The second-order valence-corrected chi connectivity index (χ2v) is 9.17. The molecule has 1 aliphatic carbocycles. The number of primary sulfonamides is 1. The molecule has 1 amide bonds. The van der Waals surface area contributed by atoms with Crippen molar-refractivity contribution in [3.8, 4) is 0 Å². The van der Waals surface area contributed by atoms with Crippen molar-refractivity contribution in [1.29, 1.82) is 0 Å². The van der Waals surface area contributed by atoms with E-state index < -0.39 is 10.0 Å². The van der Waals surface area contributed by atoms with Crippen LogP contribution in [0.5, 0.6) is 0 Å². The van der Waals surface area contributed by atoms with E-state index in [9.17, 15) is 13.2 Å². The second kappa shape index (κ2) is 6.26. The second-order valence-electron chi connectivity index (χ2n) is 7.61. The smallest absolute Gasteiger partial charge is 0.254 e. The predicted molar refractivity (Wildman–Crippen MR) is 107 cm³/mol. The topological polar surface area (TPSA) is 125 Å². The number of hydrogen-bond donors (Lipinski definition) is 2. The Morgan fingerprint density at radius 2 is 2.00 bits per heavy atom. The van der Waals surface area contributed by atoms with Gasteiger partial charge in [-0.2, -0.15) is 0 Å². The van der Waals surface area contributed by atoms with E-state index in [1.807, 2.05) is 17.2 Å². The summed E-state index contributed by atoms with van der Waals surface area (Å²) in [6, 6.07) is 7.89. The third-order valence-corrected chi connectivity index (χ3v) is 6.68. The molecule has 0 bridgehead atoms. The lowest BCUT2D eigenvalue weighted by Gasteiger charge is -2.43. The van der Waals surface area contributed by atoms with Gasteiger partial charge in [0, 0.05) is 31.4 Å². The Labute approximate surface area is 167 Å². The van der Waals surface area contributed by atoms with Crippen molar-refractivity contribution in [2.75, 3.05) is 24.5 Å². The van der Waals surface area contributed by atoms with E-state index >= 15 is 0 Å². The van der Waals surface area contributed by atoms with E-state index in [1.165, 1.54) is 12.1 Å². The first kappa shape index (κ1) is 18.1. The van der Waals surface area contributed by atoms with Crippen LogP contribution in [0.4, 0.5) is 5.82 Å². The summed E-state index contributed by atoms with van der Waals surface area (Å²) < 4.78 is 23.3. The average Bonchev–Trinajstić information content (AvgIpc) is 3.28. The maximum absolute atomic E-state index is 13.2. The molecule has 29 heavy (non-hydrogen) atoms. The van der Waals surface area contributed by atoms with E-state index in [0.717, 1.165) is 29.7 Å². The first-order chi connectivity index (χ1) is 13.9. The molecule has 0 atom stereocenters. The minimum Gasteiger partial charge on any atom is -0.352 e. The van der Waals surface area contributed by atoms with Gasteiger partial charge >= 0.3 is 0 Å².